The van der Waals surface area contributed by atoms with Crippen molar-refractivity contribution in [3.63, 3.8) is 0 Å². The molecule has 0 aromatic heterocycles. The number of nitrogens with one attached hydrogen (secondary N) is 1. The van der Waals surface area contributed by atoms with E-state index in [-0.39, 0.29) is 5.60 Å². The Balaban J connectivity index is 1.85. The number of hydrogen-bond donors (Lipinski definition) is 1. The normalized spacial score (nSPS) is 37.2. The Hall–Kier alpha value is 0.270. The van der Waals surface area contributed by atoms with Crippen LogP contribution in [0.2, 0.25) is 0 Å². The second-order valence-electron chi connectivity index (χ2n) is 5.86. The van der Waals surface area contributed by atoms with Crippen molar-refractivity contribution in [2.75, 3.05) is 18.1 Å². The van der Waals surface area contributed by atoms with Crippen LogP contribution in [-0.4, -0.2) is 35.8 Å². The number of hydrogen-bond acceptors (Lipinski definition) is 3. The summed E-state index contributed by atoms with van der Waals surface area (Å²) in [5, 5.41) is 3.83. The molecule has 17 heavy (non-hydrogen) atoms. The molecular weight excluding hydrogens is 230 g/mol. The van der Waals surface area contributed by atoms with E-state index in [0.717, 1.165) is 12.5 Å². The molecule has 100 valence electrons. The van der Waals surface area contributed by atoms with Gasteiger partial charge in [-0.1, -0.05) is 20.3 Å². The van der Waals surface area contributed by atoms with Gasteiger partial charge in [0.05, 0.1) is 5.60 Å². The van der Waals surface area contributed by atoms with E-state index in [9.17, 15) is 0 Å². The average molecular weight is 257 g/mol. The molecule has 0 radical (unpaired) electrons. The van der Waals surface area contributed by atoms with Crippen molar-refractivity contribution in [2.45, 2.75) is 64.1 Å². The Morgan fingerprint density at radius 1 is 1.47 bits per heavy atom. The molecule has 2 heterocycles. The van der Waals surface area contributed by atoms with Crippen LogP contribution in [-0.2, 0) is 4.74 Å². The van der Waals surface area contributed by atoms with Crippen molar-refractivity contribution in [2.24, 2.45) is 5.92 Å². The first-order valence-electron chi connectivity index (χ1n) is 7.13. The molecule has 2 rings (SSSR count). The molecule has 0 aromatic rings. The van der Waals surface area contributed by atoms with Crippen LogP contribution in [0.4, 0.5) is 0 Å². The maximum Gasteiger partial charge on any atom is 0.0795 e. The summed E-state index contributed by atoms with van der Waals surface area (Å²) in [6.07, 6.45) is 4.93. The van der Waals surface area contributed by atoms with Crippen LogP contribution < -0.4 is 5.32 Å². The van der Waals surface area contributed by atoms with E-state index in [1.54, 1.807) is 0 Å². The van der Waals surface area contributed by atoms with Gasteiger partial charge in [-0.05, 0) is 37.9 Å². The molecule has 2 nitrogen and oxygen atoms in total. The van der Waals surface area contributed by atoms with Gasteiger partial charge >= 0.3 is 0 Å². The summed E-state index contributed by atoms with van der Waals surface area (Å²) >= 11 is 2.06. The first kappa shape index (κ1) is 13.7. The highest BCUT2D eigenvalue weighted by Crippen LogP contribution is 2.38. The fourth-order valence-electron chi connectivity index (χ4n) is 2.92. The third-order valence-electron chi connectivity index (χ3n) is 4.56. The summed E-state index contributed by atoms with van der Waals surface area (Å²) in [4.78, 5) is 0. The largest absolute Gasteiger partial charge is 0.374 e. The quantitative estimate of drug-likeness (QED) is 0.836. The number of thioether (sulfide) groups is 1. The minimum absolute atomic E-state index is 0.218. The fourth-order valence-corrected chi connectivity index (χ4v) is 4.30. The van der Waals surface area contributed by atoms with Crippen LogP contribution in [0.3, 0.4) is 0 Å². The average Bonchev–Trinajstić information content (AvgIpc) is 2.76. The lowest BCUT2D eigenvalue weighted by molar-refractivity contribution is -0.0717. The van der Waals surface area contributed by atoms with Gasteiger partial charge in [-0.3, -0.25) is 0 Å². The van der Waals surface area contributed by atoms with Gasteiger partial charge in [0.2, 0.25) is 0 Å². The van der Waals surface area contributed by atoms with E-state index in [2.05, 4.69) is 37.8 Å². The maximum absolute atomic E-state index is 6.06. The SMILES string of the molecule is CCC(C)C(C)NC1CCOC2(CCSC2)C1. The van der Waals surface area contributed by atoms with Gasteiger partial charge in [0, 0.05) is 24.4 Å². The Morgan fingerprint density at radius 2 is 2.29 bits per heavy atom. The second kappa shape index (κ2) is 5.94. The number of ether oxygens (including phenoxy) is 1. The standard InChI is InChI=1S/C14H27NOS/c1-4-11(2)12(3)15-13-5-7-16-14(9-13)6-8-17-10-14/h11-13,15H,4-10H2,1-3H3. The highest BCUT2D eigenvalue weighted by Gasteiger charge is 2.40. The van der Waals surface area contributed by atoms with Crippen molar-refractivity contribution in [3.8, 4) is 0 Å². The van der Waals surface area contributed by atoms with E-state index in [4.69, 9.17) is 4.74 Å². The third-order valence-corrected chi connectivity index (χ3v) is 5.78. The smallest absolute Gasteiger partial charge is 0.0795 e. The summed E-state index contributed by atoms with van der Waals surface area (Å²) in [7, 11) is 0. The van der Waals surface area contributed by atoms with Crippen molar-refractivity contribution in [1.29, 1.82) is 0 Å². The van der Waals surface area contributed by atoms with E-state index >= 15 is 0 Å². The molecule has 0 aliphatic carbocycles. The Morgan fingerprint density at radius 3 is 2.94 bits per heavy atom. The van der Waals surface area contributed by atoms with E-state index < -0.39 is 0 Å². The van der Waals surface area contributed by atoms with Crippen LogP contribution in [0, 0.1) is 5.92 Å². The van der Waals surface area contributed by atoms with E-state index in [1.165, 1.54) is 37.2 Å². The Bertz CT molecular complexity index is 240. The molecule has 2 fully saturated rings. The fraction of sp³-hybridized carbons (Fsp3) is 1.00. The molecule has 1 N–H and O–H groups in total. The predicted octanol–water partition coefficient (Wildman–Crippen LogP) is 3.07. The first-order valence-corrected chi connectivity index (χ1v) is 8.28. The minimum Gasteiger partial charge on any atom is -0.374 e. The molecule has 2 aliphatic heterocycles. The predicted molar refractivity (Wildman–Crippen MR) is 75.7 cm³/mol. The second-order valence-corrected chi connectivity index (χ2v) is 6.97. The first-order chi connectivity index (χ1) is 8.15. The summed E-state index contributed by atoms with van der Waals surface area (Å²) in [5.41, 5.74) is 0.218. The molecule has 0 aromatic carbocycles. The van der Waals surface area contributed by atoms with Crippen LogP contribution in [0.15, 0.2) is 0 Å². The highest BCUT2D eigenvalue weighted by molar-refractivity contribution is 7.99. The molecular formula is C14H27NOS. The van der Waals surface area contributed by atoms with Gasteiger partial charge in [0.25, 0.3) is 0 Å². The van der Waals surface area contributed by atoms with Crippen molar-refractivity contribution in [3.05, 3.63) is 0 Å². The maximum atomic E-state index is 6.06. The topological polar surface area (TPSA) is 21.3 Å². The number of rotatable bonds is 4. The lowest BCUT2D eigenvalue weighted by atomic mass is 9.88. The Kier molecular flexibility index (Phi) is 4.79. The van der Waals surface area contributed by atoms with Crippen LogP contribution in [0.25, 0.3) is 0 Å². The lowest BCUT2D eigenvalue weighted by Gasteiger charge is -2.39. The van der Waals surface area contributed by atoms with E-state index in [1.807, 2.05) is 0 Å². The van der Waals surface area contributed by atoms with Crippen molar-refractivity contribution < 1.29 is 4.74 Å². The van der Waals surface area contributed by atoms with Gasteiger partial charge in [-0.15, -0.1) is 0 Å². The van der Waals surface area contributed by atoms with Gasteiger partial charge < -0.3 is 10.1 Å². The van der Waals surface area contributed by atoms with Crippen LogP contribution in [0.5, 0.6) is 0 Å². The van der Waals surface area contributed by atoms with Crippen molar-refractivity contribution in [1.82, 2.24) is 5.32 Å². The summed E-state index contributed by atoms with van der Waals surface area (Å²) in [5.74, 6) is 3.27. The summed E-state index contributed by atoms with van der Waals surface area (Å²) in [6.45, 7) is 7.91. The van der Waals surface area contributed by atoms with E-state index in [0.29, 0.717) is 12.1 Å². The molecule has 3 heteroatoms. The van der Waals surface area contributed by atoms with Gasteiger partial charge in [0.1, 0.15) is 0 Å². The molecule has 4 atom stereocenters. The molecule has 0 bridgehead atoms. The van der Waals surface area contributed by atoms with Gasteiger partial charge in [0.15, 0.2) is 0 Å². The minimum atomic E-state index is 0.218. The summed E-state index contributed by atoms with van der Waals surface area (Å²) in [6, 6.07) is 1.31. The highest BCUT2D eigenvalue weighted by atomic mass is 32.2. The van der Waals surface area contributed by atoms with Crippen molar-refractivity contribution >= 4 is 11.8 Å². The molecule has 1 spiro atoms. The van der Waals surface area contributed by atoms with Gasteiger partial charge in [-0.2, -0.15) is 11.8 Å². The monoisotopic (exact) mass is 257 g/mol. The zero-order chi connectivity index (χ0) is 12.3. The third kappa shape index (κ3) is 3.39. The lowest BCUT2D eigenvalue weighted by Crippen LogP contribution is -2.50. The van der Waals surface area contributed by atoms with Crippen LogP contribution >= 0.6 is 11.8 Å². The molecule has 0 saturated carbocycles. The van der Waals surface area contributed by atoms with Gasteiger partial charge in [-0.25, -0.2) is 0 Å². The molecule has 2 saturated heterocycles. The Labute approximate surface area is 110 Å². The zero-order valence-corrected chi connectivity index (χ0v) is 12.3. The molecule has 2 aliphatic rings. The molecule has 4 unspecified atom stereocenters. The zero-order valence-electron chi connectivity index (χ0n) is 11.5. The molecule has 0 amide bonds. The summed E-state index contributed by atoms with van der Waals surface area (Å²) < 4.78 is 6.06. The van der Waals surface area contributed by atoms with Crippen LogP contribution in [0.1, 0.15) is 46.5 Å².